The van der Waals surface area contributed by atoms with Crippen LogP contribution in [0.1, 0.15) is 62.0 Å². The molecular weight excluding hydrogens is 316 g/mol. The van der Waals surface area contributed by atoms with Crippen LogP contribution in [0.2, 0.25) is 0 Å². The number of carbonyl (C=O) groups is 3. The molecule has 1 N–H and O–H groups in total. The Morgan fingerprint density at radius 2 is 1.92 bits per heavy atom. The Hall–Kier alpha value is -2.61. The van der Waals surface area contributed by atoms with Crippen LogP contribution in [0.15, 0.2) is 18.2 Å². The number of benzene rings is 1. The Bertz CT molecular complexity index is 839. The molecule has 25 heavy (non-hydrogen) atoms. The van der Waals surface area contributed by atoms with Gasteiger partial charge in [0.15, 0.2) is 0 Å². The summed E-state index contributed by atoms with van der Waals surface area (Å²) in [5, 5.41) is 2.35. The van der Waals surface area contributed by atoms with Crippen molar-refractivity contribution in [2.24, 2.45) is 5.41 Å². The molecular formula is C20H22N2O3. The van der Waals surface area contributed by atoms with Crippen LogP contribution in [-0.2, 0) is 16.1 Å². The molecule has 2 aliphatic heterocycles. The molecule has 1 atom stereocenters. The van der Waals surface area contributed by atoms with Gasteiger partial charge in [-0.25, -0.2) is 0 Å². The number of hydrogen-bond donors (Lipinski definition) is 1. The minimum atomic E-state index is -1.02. The molecule has 3 rings (SSSR count). The Morgan fingerprint density at radius 1 is 1.20 bits per heavy atom. The lowest BCUT2D eigenvalue weighted by atomic mass is 9.89. The summed E-state index contributed by atoms with van der Waals surface area (Å²) >= 11 is 0. The fourth-order valence-corrected chi connectivity index (χ4v) is 3.16. The van der Waals surface area contributed by atoms with E-state index in [1.165, 1.54) is 0 Å². The molecule has 1 unspecified atom stereocenters. The van der Waals surface area contributed by atoms with E-state index < -0.39 is 11.4 Å². The molecule has 2 aliphatic rings. The minimum Gasteiger partial charge on any atom is -0.320 e. The van der Waals surface area contributed by atoms with E-state index in [1.54, 1.807) is 17.9 Å². The van der Waals surface area contributed by atoms with E-state index in [0.29, 0.717) is 18.5 Å². The number of nitrogens with zero attached hydrogens (tertiary/aromatic N) is 1. The molecule has 1 saturated heterocycles. The summed E-state index contributed by atoms with van der Waals surface area (Å²) < 4.78 is 0. The summed E-state index contributed by atoms with van der Waals surface area (Å²) in [7, 11) is 0. The van der Waals surface area contributed by atoms with Crippen LogP contribution in [0.4, 0.5) is 0 Å². The summed E-state index contributed by atoms with van der Waals surface area (Å²) in [5.74, 6) is 5.50. The number of hydrogen-bond acceptors (Lipinski definition) is 3. The monoisotopic (exact) mass is 338 g/mol. The van der Waals surface area contributed by atoms with Crippen LogP contribution in [0.25, 0.3) is 0 Å². The molecule has 2 heterocycles. The fourth-order valence-electron chi connectivity index (χ4n) is 3.16. The van der Waals surface area contributed by atoms with Crippen LogP contribution in [-0.4, -0.2) is 28.2 Å². The lowest BCUT2D eigenvalue weighted by Crippen LogP contribution is -2.61. The first kappa shape index (κ1) is 17.2. The van der Waals surface area contributed by atoms with E-state index in [0.717, 1.165) is 11.1 Å². The maximum absolute atomic E-state index is 12.9. The van der Waals surface area contributed by atoms with Crippen molar-refractivity contribution >= 4 is 17.7 Å². The van der Waals surface area contributed by atoms with E-state index in [9.17, 15) is 14.4 Å². The smallest absolute Gasteiger partial charge is 0.255 e. The van der Waals surface area contributed by atoms with E-state index in [1.807, 2.05) is 32.9 Å². The molecule has 0 bridgehead atoms. The van der Waals surface area contributed by atoms with Gasteiger partial charge in [-0.3, -0.25) is 19.7 Å². The van der Waals surface area contributed by atoms with Gasteiger partial charge in [0, 0.05) is 29.5 Å². The van der Waals surface area contributed by atoms with Crippen LogP contribution in [0.3, 0.4) is 0 Å². The van der Waals surface area contributed by atoms with Crippen molar-refractivity contribution in [1.82, 2.24) is 10.2 Å². The summed E-state index contributed by atoms with van der Waals surface area (Å²) in [6, 6.07) is 5.50. The highest BCUT2D eigenvalue weighted by Gasteiger charge is 2.48. The van der Waals surface area contributed by atoms with Crippen molar-refractivity contribution in [3.63, 3.8) is 0 Å². The van der Waals surface area contributed by atoms with Gasteiger partial charge in [0.2, 0.25) is 5.91 Å². The molecule has 1 fully saturated rings. The van der Waals surface area contributed by atoms with Gasteiger partial charge in [-0.05, 0) is 51.8 Å². The second-order valence-electron chi connectivity index (χ2n) is 7.87. The van der Waals surface area contributed by atoms with E-state index in [4.69, 9.17) is 0 Å². The number of piperidine rings is 1. The topological polar surface area (TPSA) is 66.5 Å². The van der Waals surface area contributed by atoms with Crippen molar-refractivity contribution in [2.75, 3.05) is 0 Å². The van der Waals surface area contributed by atoms with Gasteiger partial charge in [-0.15, -0.1) is 0 Å². The maximum atomic E-state index is 12.9. The van der Waals surface area contributed by atoms with Crippen molar-refractivity contribution in [1.29, 1.82) is 0 Å². The van der Waals surface area contributed by atoms with Gasteiger partial charge in [0.25, 0.3) is 11.8 Å². The summed E-state index contributed by atoms with van der Waals surface area (Å²) in [4.78, 5) is 38.3. The average molecular weight is 338 g/mol. The first-order chi connectivity index (χ1) is 11.6. The van der Waals surface area contributed by atoms with Gasteiger partial charge in [0.05, 0.1) is 0 Å². The van der Waals surface area contributed by atoms with Crippen molar-refractivity contribution in [3.8, 4) is 11.8 Å². The molecule has 0 radical (unpaired) electrons. The van der Waals surface area contributed by atoms with Crippen LogP contribution >= 0.6 is 0 Å². The first-order valence-electron chi connectivity index (χ1n) is 8.43. The molecule has 0 aliphatic carbocycles. The van der Waals surface area contributed by atoms with Crippen LogP contribution in [0.5, 0.6) is 0 Å². The Labute approximate surface area is 147 Å². The number of carbonyl (C=O) groups excluding carboxylic acids is 3. The third kappa shape index (κ3) is 3.05. The second kappa shape index (κ2) is 5.73. The summed E-state index contributed by atoms with van der Waals surface area (Å²) in [5.41, 5.74) is 1.11. The SMILES string of the molecule is CC(C)(C)C#Cc1cccc2c1CN(C1(C)CCC(=O)NC1=O)C2=O. The number of imide groups is 1. The fraction of sp³-hybridized carbons (Fsp3) is 0.450. The molecule has 5 nitrogen and oxygen atoms in total. The normalized spacial score (nSPS) is 23.0. The lowest BCUT2D eigenvalue weighted by molar-refractivity contribution is -0.142. The largest absolute Gasteiger partial charge is 0.320 e. The highest BCUT2D eigenvalue weighted by atomic mass is 16.2. The summed E-state index contributed by atoms with van der Waals surface area (Å²) in [6.45, 7) is 8.15. The summed E-state index contributed by atoms with van der Waals surface area (Å²) in [6.07, 6.45) is 0.569. The maximum Gasteiger partial charge on any atom is 0.255 e. The van der Waals surface area contributed by atoms with Crippen molar-refractivity contribution < 1.29 is 14.4 Å². The minimum absolute atomic E-state index is 0.138. The Kier molecular flexibility index (Phi) is 3.95. The highest BCUT2D eigenvalue weighted by Crippen LogP contribution is 2.35. The van der Waals surface area contributed by atoms with Crippen LogP contribution in [0, 0.1) is 17.3 Å². The van der Waals surface area contributed by atoms with E-state index in [2.05, 4.69) is 17.2 Å². The molecule has 5 heteroatoms. The Morgan fingerprint density at radius 3 is 2.56 bits per heavy atom. The Balaban J connectivity index is 1.97. The zero-order chi connectivity index (χ0) is 18.4. The average Bonchev–Trinajstić information content (AvgIpc) is 2.87. The third-order valence-electron chi connectivity index (χ3n) is 4.72. The predicted octanol–water partition coefficient (Wildman–Crippen LogP) is 2.24. The number of nitrogens with one attached hydrogen (secondary N) is 1. The van der Waals surface area contributed by atoms with E-state index in [-0.39, 0.29) is 23.7 Å². The zero-order valence-electron chi connectivity index (χ0n) is 15.0. The molecule has 130 valence electrons. The standard InChI is InChI=1S/C20H22N2O3/c1-19(2,3)10-8-13-6-5-7-14-15(13)12-22(17(14)24)20(4)11-9-16(23)21-18(20)25/h5-7H,9,11-12H2,1-4H3,(H,21,23,25). The number of amides is 3. The number of fused-ring (bicyclic) bond motifs is 1. The van der Waals surface area contributed by atoms with Crippen molar-refractivity contribution in [2.45, 2.75) is 52.6 Å². The highest BCUT2D eigenvalue weighted by molar-refractivity contribution is 6.07. The number of rotatable bonds is 1. The second-order valence-corrected chi connectivity index (χ2v) is 7.87. The molecule has 0 spiro atoms. The van der Waals surface area contributed by atoms with E-state index >= 15 is 0 Å². The van der Waals surface area contributed by atoms with Gasteiger partial charge >= 0.3 is 0 Å². The molecule has 1 aromatic carbocycles. The molecule has 3 amide bonds. The quantitative estimate of drug-likeness (QED) is 0.631. The first-order valence-corrected chi connectivity index (χ1v) is 8.43. The molecule has 0 saturated carbocycles. The molecule has 1 aromatic rings. The van der Waals surface area contributed by atoms with Gasteiger partial charge < -0.3 is 4.90 Å². The molecule has 0 aromatic heterocycles. The van der Waals surface area contributed by atoms with Gasteiger partial charge in [-0.1, -0.05) is 17.9 Å². The van der Waals surface area contributed by atoms with Gasteiger partial charge in [0.1, 0.15) is 5.54 Å². The van der Waals surface area contributed by atoms with Gasteiger partial charge in [-0.2, -0.15) is 0 Å². The van der Waals surface area contributed by atoms with Crippen LogP contribution < -0.4 is 5.32 Å². The zero-order valence-corrected chi connectivity index (χ0v) is 15.0. The third-order valence-corrected chi connectivity index (χ3v) is 4.72. The predicted molar refractivity (Wildman–Crippen MR) is 93.4 cm³/mol. The lowest BCUT2D eigenvalue weighted by Gasteiger charge is -2.39. The van der Waals surface area contributed by atoms with Crippen molar-refractivity contribution in [3.05, 3.63) is 34.9 Å².